The van der Waals surface area contributed by atoms with Gasteiger partial charge in [-0.05, 0) is 26.8 Å². The van der Waals surface area contributed by atoms with Crippen LogP contribution in [0.25, 0.3) is 0 Å². The van der Waals surface area contributed by atoms with Crippen molar-refractivity contribution < 1.29 is 19.3 Å². The summed E-state index contributed by atoms with van der Waals surface area (Å²) in [5, 5.41) is 10.5. The Morgan fingerprint density at radius 2 is 2.05 bits per heavy atom. The second kappa shape index (κ2) is 5.75. The first-order valence-electron chi connectivity index (χ1n) is 5.29. The molecule has 0 aromatic heterocycles. The van der Waals surface area contributed by atoms with Crippen LogP contribution >= 0.6 is 11.6 Å². The van der Waals surface area contributed by atoms with Gasteiger partial charge in [0.2, 0.25) is 0 Å². The van der Waals surface area contributed by atoms with Crippen LogP contribution in [-0.4, -0.2) is 16.6 Å². The van der Waals surface area contributed by atoms with Gasteiger partial charge in [0.25, 0.3) is 5.69 Å². The summed E-state index contributed by atoms with van der Waals surface area (Å²) in [5.74, 6) is 0.0816. The highest BCUT2D eigenvalue weighted by atomic mass is 35.5. The zero-order valence-electron chi connectivity index (χ0n) is 10.6. The first kappa shape index (κ1) is 15.0. The van der Waals surface area contributed by atoms with Crippen LogP contribution in [0.5, 0.6) is 5.75 Å². The summed E-state index contributed by atoms with van der Waals surface area (Å²) < 4.78 is 4.93. The number of amides is 1. The normalized spacial score (nSPS) is 10.7. The lowest BCUT2D eigenvalue weighted by molar-refractivity contribution is -0.384. The van der Waals surface area contributed by atoms with E-state index < -0.39 is 16.6 Å². The Labute approximate surface area is 114 Å². The maximum atomic E-state index is 11.3. The molecule has 0 aliphatic carbocycles. The standard InChI is InChI=1S/C11H13ClN2O5/c1-11(2,3)18-10(15)13-19-9-5-4-7(14(16)17)6-8(9)12/h4-6H,1-3H3,(H,13,15). The molecule has 0 unspecified atom stereocenters. The number of carbonyl (C=O) groups is 1. The van der Waals surface area contributed by atoms with Crippen LogP contribution in [0.3, 0.4) is 0 Å². The third-order valence-corrected chi connectivity index (χ3v) is 2.06. The third-order valence-electron chi connectivity index (χ3n) is 1.77. The number of rotatable bonds is 3. The molecule has 0 saturated carbocycles. The molecule has 0 fully saturated rings. The SMILES string of the molecule is CC(C)(C)OC(=O)NOc1ccc([N+](=O)[O-])cc1Cl. The molecule has 0 aliphatic rings. The summed E-state index contributed by atoms with van der Waals surface area (Å²) >= 11 is 5.77. The molecule has 0 saturated heterocycles. The lowest BCUT2D eigenvalue weighted by Crippen LogP contribution is -2.34. The van der Waals surface area contributed by atoms with E-state index in [9.17, 15) is 14.9 Å². The average Bonchev–Trinajstić information content (AvgIpc) is 2.24. The Bertz CT molecular complexity index is 498. The van der Waals surface area contributed by atoms with Crippen LogP contribution in [0.1, 0.15) is 20.8 Å². The summed E-state index contributed by atoms with van der Waals surface area (Å²) in [6.07, 6.45) is -0.790. The second-order valence-electron chi connectivity index (χ2n) is 4.58. The van der Waals surface area contributed by atoms with Gasteiger partial charge in [-0.15, -0.1) is 0 Å². The quantitative estimate of drug-likeness (QED) is 0.682. The molecule has 1 rings (SSSR count). The number of nitrogens with one attached hydrogen (secondary N) is 1. The monoisotopic (exact) mass is 288 g/mol. The van der Waals surface area contributed by atoms with E-state index >= 15 is 0 Å². The fraction of sp³-hybridized carbons (Fsp3) is 0.364. The van der Waals surface area contributed by atoms with Gasteiger partial charge in [-0.3, -0.25) is 10.1 Å². The zero-order chi connectivity index (χ0) is 14.6. The zero-order valence-corrected chi connectivity index (χ0v) is 11.4. The number of nitrogens with zero attached hydrogens (tertiary/aromatic N) is 1. The Morgan fingerprint density at radius 1 is 1.42 bits per heavy atom. The fourth-order valence-electron chi connectivity index (χ4n) is 1.08. The number of halogens is 1. The predicted octanol–water partition coefficient (Wildman–Crippen LogP) is 3.07. The summed E-state index contributed by atoms with van der Waals surface area (Å²) in [6, 6.07) is 3.60. The molecule has 1 aromatic carbocycles. The molecule has 104 valence electrons. The largest absolute Gasteiger partial charge is 0.442 e. The van der Waals surface area contributed by atoms with E-state index in [0.717, 1.165) is 6.07 Å². The van der Waals surface area contributed by atoms with Crippen molar-refractivity contribution >= 4 is 23.4 Å². The van der Waals surface area contributed by atoms with Crippen molar-refractivity contribution in [1.29, 1.82) is 0 Å². The molecule has 0 atom stereocenters. The molecule has 1 N–H and O–H groups in total. The van der Waals surface area contributed by atoms with E-state index in [1.54, 1.807) is 20.8 Å². The first-order valence-corrected chi connectivity index (χ1v) is 5.66. The number of non-ortho nitro benzene ring substituents is 1. The molecule has 0 spiro atoms. The Kier molecular flexibility index (Phi) is 4.55. The predicted molar refractivity (Wildman–Crippen MR) is 68.1 cm³/mol. The van der Waals surface area contributed by atoms with Gasteiger partial charge in [0.1, 0.15) is 5.60 Å². The van der Waals surface area contributed by atoms with Crippen molar-refractivity contribution in [1.82, 2.24) is 5.48 Å². The van der Waals surface area contributed by atoms with Crippen molar-refractivity contribution in [3.63, 3.8) is 0 Å². The minimum atomic E-state index is -0.790. The van der Waals surface area contributed by atoms with Crippen LogP contribution in [0.2, 0.25) is 5.02 Å². The van der Waals surface area contributed by atoms with E-state index in [2.05, 4.69) is 0 Å². The molecule has 0 radical (unpaired) electrons. The van der Waals surface area contributed by atoms with Crippen molar-refractivity contribution in [3.8, 4) is 5.75 Å². The van der Waals surface area contributed by atoms with E-state index in [0.29, 0.717) is 0 Å². The van der Waals surface area contributed by atoms with Gasteiger partial charge in [0.05, 0.1) is 9.95 Å². The fourth-order valence-corrected chi connectivity index (χ4v) is 1.30. The Hall–Kier alpha value is -2.02. The van der Waals surface area contributed by atoms with Gasteiger partial charge in [-0.1, -0.05) is 11.6 Å². The van der Waals surface area contributed by atoms with Crippen LogP contribution in [-0.2, 0) is 4.74 Å². The summed E-state index contributed by atoms with van der Waals surface area (Å²) in [7, 11) is 0. The molecule has 7 nitrogen and oxygen atoms in total. The van der Waals surface area contributed by atoms with E-state index in [-0.39, 0.29) is 16.5 Å². The lowest BCUT2D eigenvalue weighted by Gasteiger charge is -2.19. The number of ether oxygens (including phenoxy) is 1. The minimum absolute atomic E-state index is 0.00487. The number of benzene rings is 1. The minimum Gasteiger partial charge on any atom is -0.442 e. The van der Waals surface area contributed by atoms with Crippen LogP contribution in [0, 0.1) is 10.1 Å². The van der Waals surface area contributed by atoms with Crippen LogP contribution in [0.4, 0.5) is 10.5 Å². The number of nitro groups is 1. The number of hydroxylamine groups is 1. The van der Waals surface area contributed by atoms with Crippen molar-refractivity contribution in [3.05, 3.63) is 33.3 Å². The van der Waals surface area contributed by atoms with E-state index in [1.165, 1.54) is 12.1 Å². The smallest absolute Gasteiger partial charge is 0.441 e. The molecule has 0 aliphatic heterocycles. The number of hydrogen-bond donors (Lipinski definition) is 1. The average molecular weight is 289 g/mol. The molecule has 8 heteroatoms. The maximum absolute atomic E-state index is 11.3. The molecule has 1 amide bonds. The Morgan fingerprint density at radius 3 is 2.53 bits per heavy atom. The molecule has 1 aromatic rings. The summed E-state index contributed by atoms with van der Waals surface area (Å²) in [5.41, 5.74) is 1.20. The first-order chi connectivity index (χ1) is 8.69. The molecule has 19 heavy (non-hydrogen) atoms. The van der Waals surface area contributed by atoms with Gasteiger partial charge >= 0.3 is 6.09 Å². The van der Waals surface area contributed by atoms with Gasteiger partial charge in [-0.2, -0.15) is 5.48 Å². The number of carbonyl (C=O) groups excluding carboxylic acids is 1. The topological polar surface area (TPSA) is 90.7 Å². The molecular weight excluding hydrogens is 276 g/mol. The molecule has 0 heterocycles. The highest BCUT2D eigenvalue weighted by Crippen LogP contribution is 2.28. The highest BCUT2D eigenvalue weighted by molar-refractivity contribution is 6.32. The van der Waals surface area contributed by atoms with Crippen molar-refractivity contribution in [2.45, 2.75) is 26.4 Å². The van der Waals surface area contributed by atoms with Crippen molar-refractivity contribution in [2.24, 2.45) is 0 Å². The Balaban J connectivity index is 2.64. The molecule has 0 bridgehead atoms. The summed E-state index contributed by atoms with van der Waals surface area (Å²) in [6.45, 7) is 5.10. The third kappa shape index (κ3) is 5.01. The molecular formula is C11H13ClN2O5. The number of hydrogen-bond acceptors (Lipinski definition) is 5. The van der Waals surface area contributed by atoms with E-state index in [4.69, 9.17) is 21.2 Å². The van der Waals surface area contributed by atoms with Crippen molar-refractivity contribution in [2.75, 3.05) is 0 Å². The summed E-state index contributed by atoms with van der Waals surface area (Å²) in [4.78, 5) is 26.1. The van der Waals surface area contributed by atoms with Crippen LogP contribution in [0.15, 0.2) is 18.2 Å². The van der Waals surface area contributed by atoms with E-state index in [1.807, 2.05) is 5.48 Å². The second-order valence-corrected chi connectivity index (χ2v) is 4.99. The van der Waals surface area contributed by atoms with Crippen LogP contribution < -0.4 is 10.3 Å². The number of nitro benzene ring substituents is 1. The van der Waals surface area contributed by atoms with Gasteiger partial charge < -0.3 is 9.57 Å². The maximum Gasteiger partial charge on any atom is 0.441 e. The highest BCUT2D eigenvalue weighted by Gasteiger charge is 2.17. The van der Waals surface area contributed by atoms with Gasteiger partial charge in [0.15, 0.2) is 5.75 Å². The van der Waals surface area contributed by atoms with Gasteiger partial charge in [-0.25, -0.2) is 4.79 Å². The lowest BCUT2D eigenvalue weighted by atomic mass is 10.2. The van der Waals surface area contributed by atoms with Gasteiger partial charge in [0, 0.05) is 12.1 Å².